The highest BCUT2D eigenvalue weighted by Gasteiger charge is 2.52. The molecule has 0 aliphatic carbocycles. The number of methoxy groups -OCH3 is 1. The summed E-state index contributed by atoms with van der Waals surface area (Å²) in [4.78, 5) is 11.8. The van der Waals surface area contributed by atoms with Gasteiger partial charge in [0, 0.05) is 0 Å². The van der Waals surface area contributed by atoms with E-state index in [0.29, 0.717) is 11.0 Å². The van der Waals surface area contributed by atoms with Gasteiger partial charge in [-0.05, 0) is 51.7 Å². The van der Waals surface area contributed by atoms with Crippen molar-refractivity contribution >= 4 is 30.2 Å². The second kappa shape index (κ2) is 5.44. The van der Waals surface area contributed by atoms with Crippen LogP contribution in [0, 0.1) is 6.92 Å². The van der Waals surface area contributed by atoms with Gasteiger partial charge in [0.1, 0.15) is 11.3 Å². The molecule has 0 unspecified atom stereocenters. The molecule has 120 valence electrons. The summed E-state index contributed by atoms with van der Waals surface area (Å²) in [5.74, 6) is -0.969. The van der Waals surface area contributed by atoms with Crippen LogP contribution in [0.4, 0.5) is 0 Å². The van der Waals surface area contributed by atoms with Crippen molar-refractivity contribution in [2.24, 2.45) is 0 Å². The first-order valence-corrected chi connectivity index (χ1v) is 7.35. The zero-order valence-corrected chi connectivity index (χ0v) is 14.4. The molecule has 1 aromatic rings. The molecule has 0 radical (unpaired) electrons. The summed E-state index contributed by atoms with van der Waals surface area (Å²) < 4.78 is 16.6. The molecule has 0 aromatic heterocycles. The Kier molecular flexibility index (Phi) is 4.24. The third kappa shape index (κ3) is 2.60. The zero-order chi connectivity index (χ0) is 16.9. The summed E-state index contributed by atoms with van der Waals surface area (Å²) in [5, 5.41) is 10.1. The van der Waals surface area contributed by atoms with Crippen LogP contribution >= 0.6 is 11.6 Å². The third-order valence-corrected chi connectivity index (χ3v) is 4.90. The van der Waals surface area contributed by atoms with E-state index >= 15 is 0 Å². The number of benzene rings is 1. The molecule has 0 bridgehead atoms. The maximum Gasteiger partial charge on any atom is 0.495 e. The minimum absolute atomic E-state index is 0.0113. The second-order valence-electron chi connectivity index (χ2n) is 6.38. The van der Waals surface area contributed by atoms with Gasteiger partial charge in [0.05, 0.1) is 23.3 Å². The van der Waals surface area contributed by atoms with Crippen LogP contribution in [0.1, 0.15) is 43.6 Å². The number of carbonyl (C=O) groups excluding carboxylic acids is 1. The van der Waals surface area contributed by atoms with Gasteiger partial charge in [-0.15, -0.1) is 0 Å². The van der Waals surface area contributed by atoms with Crippen molar-refractivity contribution < 1.29 is 23.9 Å². The highest BCUT2D eigenvalue weighted by Crippen LogP contribution is 2.38. The predicted molar refractivity (Wildman–Crippen MR) is 84.9 cm³/mol. The molecule has 1 saturated heterocycles. The summed E-state index contributed by atoms with van der Waals surface area (Å²) in [7, 11) is 0.566. The first kappa shape index (κ1) is 17.1. The average Bonchev–Trinajstić information content (AvgIpc) is 2.64. The van der Waals surface area contributed by atoms with Crippen LogP contribution in [0.3, 0.4) is 0 Å². The number of hydrogen-bond donors (Lipinski definition) is 1. The van der Waals surface area contributed by atoms with Crippen molar-refractivity contribution in [3.8, 4) is 5.75 Å². The molecule has 22 heavy (non-hydrogen) atoms. The fraction of sp³-hybridized carbons (Fsp3) is 0.533. The lowest BCUT2D eigenvalue weighted by Crippen LogP contribution is -2.41. The number of phenols is 1. The predicted octanol–water partition coefficient (Wildman–Crippen LogP) is 2.44. The molecular formula is C15H20BClO5. The standard InChI is InChI=1S/C15H20BClO5/c1-8-10(16-21-14(2,3)15(4,5)22-16)7-9(13(19)20-6)12(18)11(8)17/h7,18H,1-6H3. The van der Waals surface area contributed by atoms with E-state index < -0.39 is 24.3 Å². The second-order valence-corrected chi connectivity index (χ2v) is 6.76. The van der Waals surface area contributed by atoms with Crippen LogP contribution in [-0.4, -0.2) is 36.5 Å². The quantitative estimate of drug-likeness (QED) is 0.668. The topological polar surface area (TPSA) is 65.0 Å². The maximum atomic E-state index is 11.8. The summed E-state index contributed by atoms with van der Waals surface area (Å²) in [6.07, 6.45) is 0. The van der Waals surface area contributed by atoms with Gasteiger partial charge in [0.25, 0.3) is 0 Å². The van der Waals surface area contributed by atoms with Gasteiger partial charge in [-0.2, -0.15) is 0 Å². The van der Waals surface area contributed by atoms with E-state index in [1.165, 1.54) is 13.2 Å². The fourth-order valence-electron chi connectivity index (χ4n) is 2.24. The monoisotopic (exact) mass is 326 g/mol. The molecule has 1 fully saturated rings. The van der Waals surface area contributed by atoms with Gasteiger partial charge in [-0.3, -0.25) is 0 Å². The molecule has 5 nitrogen and oxygen atoms in total. The highest BCUT2D eigenvalue weighted by molar-refractivity contribution is 6.63. The van der Waals surface area contributed by atoms with Crippen molar-refractivity contribution in [1.82, 2.24) is 0 Å². The van der Waals surface area contributed by atoms with Gasteiger partial charge < -0.3 is 19.2 Å². The van der Waals surface area contributed by atoms with Crippen molar-refractivity contribution in [1.29, 1.82) is 0 Å². The zero-order valence-electron chi connectivity index (χ0n) is 13.6. The number of ether oxygens (including phenoxy) is 1. The van der Waals surface area contributed by atoms with E-state index in [4.69, 9.17) is 20.9 Å². The van der Waals surface area contributed by atoms with Crippen LogP contribution in [0.5, 0.6) is 5.75 Å². The summed E-state index contributed by atoms with van der Waals surface area (Å²) in [6.45, 7) is 9.48. The lowest BCUT2D eigenvalue weighted by atomic mass is 9.75. The Balaban J connectivity index is 2.53. The number of phenolic OH excluding ortho intramolecular Hbond substituents is 1. The largest absolute Gasteiger partial charge is 0.505 e. The summed E-state index contributed by atoms with van der Waals surface area (Å²) >= 11 is 6.14. The number of halogens is 1. The molecule has 0 saturated carbocycles. The molecule has 1 aliphatic heterocycles. The van der Waals surface area contributed by atoms with E-state index in [0.717, 1.165) is 0 Å². The van der Waals surface area contributed by atoms with Gasteiger partial charge in [-0.25, -0.2) is 4.79 Å². The van der Waals surface area contributed by atoms with Gasteiger partial charge in [-0.1, -0.05) is 11.6 Å². The SMILES string of the molecule is COC(=O)c1cc(B2OC(C)(C)C(C)(C)O2)c(C)c(Cl)c1O. The number of aromatic hydroxyl groups is 1. The van der Waals surface area contributed by atoms with Crippen LogP contribution in [0.2, 0.25) is 5.02 Å². The fourth-order valence-corrected chi connectivity index (χ4v) is 2.45. The summed E-state index contributed by atoms with van der Waals surface area (Å²) in [6, 6.07) is 1.50. The van der Waals surface area contributed by atoms with Gasteiger partial charge in [0.2, 0.25) is 0 Å². The van der Waals surface area contributed by atoms with E-state index in [9.17, 15) is 9.90 Å². The van der Waals surface area contributed by atoms with Crippen molar-refractivity contribution in [2.75, 3.05) is 7.11 Å². The minimum atomic E-state index is -0.675. The Morgan fingerprint density at radius 1 is 1.27 bits per heavy atom. The first-order chi connectivity index (χ1) is 10.0. The Morgan fingerprint density at radius 3 is 2.23 bits per heavy atom. The Hall–Kier alpha value is -1.24. The van der Waals surface area contributed by atoms with Crippen LogP contribution in [-0.2, 0) is 14.0 Å². The average molecular weight is 327 g/mol. The van der Waals surface area contributed by atoms with Crippen molar-refractivity contribution in [3.63, 3.8) is 0 Å². The summed E-state index contributed by atoms with van der Waals surface area (Å²) in [5.41, 5.74) is 0.162. The highest BCUT2D eigenvalue weighted by atomic mass is 35.5. The van der Waals surface area contributed by atoms with Gasteiger partial charge in [0.15, 0.2) is 0 Å². The molecule has 0 atom stereocenters. The minimum Gasteiger partial charge on any atom is -0.505 e. The number of rotatable bonds is 2. The molecule has 1 heterocycles. The molecule has 2 rings (SSSR count). The third-order valence-electron chi connectivity index (χ3n) is 4.44. The normalized spacial score (nSPS) is 19.3. The van der Waals surface area contributed by atoms with Crippen LogP contribution in [0.15, 0.2) is 6.07 Å². The van der Waals surface area contributed by atoms with E-state index in [2.05, 4.69) is 4.74 Å². The molecule has 1 aliphatic rings. The van der Waals surface area contributed by atoms with E-state index in [-0.39, 0.29) is 16.3 Å². The molecule has 1 aromatic carbocycles. The first-order valence-electron chi connectivity index (χ1n) is 6.97. The Morgan fingerprint density at radius 2 is 1.77 bits per heavy atom. The molecule has 0 amide bonds. The van der Waals surface area contributed by atoms with Gasteiger partial charge >= 0.3 is 13.1 Å². The van der Waals surface area contributed by atoms with Crippen LogP contribution in [0.25, 0.3) is 0 Å². The lowest BCUT2D eigenvalue weighted by molar-refractivity contribution is 0.00578. The molecule has 1 N–H and O–H groups in total. The van der Waals surface area contributed by atoms with Crippen molar-refractivity contribution in [2.45, 2.75) is 45.8 Å². The van der Waals surface area contributed by atoms with Crippen molar-refractivity contribution in [3.05, 3.63) is 22.2 Å². The molecular weight excluding hydrogens is 306 g/mol. The number of esters is 1. The number of carbonyl (C=O) groups is 1. The smallest absolute Gasteiger partial charge is 0.495 e. The number of hydrogen-bond acceptors (Lipinski definition) is 5. The van der Waals surface area contributed by atoms with E-state index in [1.807, 2.05) is 27.7 Å². The maximum absolute atomic E-state index is 11.8. The molecule has 7 heteroatoms. The lowest BCUT2D eigenvalue weighted by Gasteiger charge is -2.32. The molecule has 0 spiro atoms. The Bertz CT molecular complexity index is 611. The van der Waals surface area contributed by atoms with E-state index in [1.54, 1.807) is 6.92 Å². The Labute approximate surface area is 135 Å². The van der Waals surface area contributed by atoms with Crippen LogP contribution < -0.4 is 5.46 Å².